The molecule has 2 aromatic rings. The topological polar surface area (TPSA) is 125 Å². The normalized spacial score (nSPS) is 24.3. The van der Waals surface area contributed by atoms with Crippen LogP contribution in [-0.2, 0) is 31.0 Å². The molecule has 13 heteroatoms. The van der Waals surface area contributed by atoms with E-state index in [0.29, 0.717) is 12.8 Å². The van der Waals surface area contributed by atoms with Crippen LogP contribution in [0.1, 0.15) is 37.3 Å². The number of rotatable bonds is 9. The predicted octanol–water partition coefficient (Wildman–Crippen LogP) is -2.45. The number of hydrogen-bond acceptors (Lipinski definition) is 5. The van der Waals surface area contributed by atoms with Crippen LogP contribution in [0.4, 0.5) is 13.2 Å². The summed E-state index contributed by atoms with van der Waals surface area (Å²) in [5.74, 6) is -4.50. The van der Waals surface area contributed by atoms with Crippen LogP contribution < -0.4 is 52.6 Å². The number of alkyl halides is 3. The molecule has 5 atom stereocenters. The van der Waals surface area contributed by atoms with E-state index in [0.717, 1.165) is 30.5 Å². The molecular formula is C28H33ClF3N2NaO6. The van der Waals surface area contributed by atoms with Gasteiger partial charge in [-0.25, -0.2) is 9.59 Å². The van der Waals surface area contributed by atoms with E-state index in [1.807, 2.05) is 67.6 Å². The minimum Gasteiger partial charge on any atom is -1.00 e. The molecule has 1 saturated carbocycles. The van der Waals surface area contributed by atoms with Crippen molar-refractivity contribution in [2.75, 3.05) is 13.7 Å². The number of halogens is 4. The first-order valence-corrected chi connectivity index (χ1v) is 12.6. The second-order valence-corrected chi connectivity index (χ2v) is 9.98. The molecule has 1 saturated heterocycles. The molecule has 1 aliphatic heterocycles. The number of methoxy groups -OCH3 is 1. The fourth-order valence-electron chi connectivity index (χ4n) is 5.45. The number of nitrogens with one attached hydrogen (secondary N) is 2. The van der Waals surface area contributed by atoms with E-state index in [-0.39, 0.29) is 60.0 Å². The Morgan fingerprint density at radius 2 is 1.61 bits per heavy atom. The number of carbonyl (C=O) groups is 3. The molecule has 1 amide bonds. The van der Waals surface area contributed by atoms with Crippen LogP contribution in [-0.4, -0.2) is 65.6 Å². The molecule has 1 heterocycles. The van der Waals surface area contributed by atoms with Gasteiger partial charge in [0.15, 0.2) is 0 Å². The van der Waals surface area contributed by atoms with Crippen molar-refractivity contribution in [2.45, 2.75) is 61.9 Å². The summed E-state index contributed by atoms with van der Waals surface area (Å²) < 4.78 is 37.4. The summed E-state index contributed by atoms with van der Waals surface area (Å²) in [7, 11) is 1.61. The van der Waals surface area contributed by atoms with E-state index in [1.54, 1.807) is 7.11 Å². The van der Waals surface area contributed by atoms with E-state index in [4.69, 9.17) is 14.6 Å². The molecule has 2 aromatic carbocycles. The SMILES string of the molecule is CO[C@@H]([C@@H]1CCCN1)[C@@H](C)C(=O)N[C@@]1(C(=O)O)C[C@]1(Cc1ccccc1)c1ccccc1.O=C(O)C(F)(F)F.[Cl-].[Na+]. The van der Waals surface area contributed by atoms with Crippen molar-refractivity contribution in [3.05, 3.63) is 71.8 Å². The number of carbonyl (C=O) groups excluding carboxylic acids is 1. The smallest absolute Gasteiger partial charge is 1.00 e. The molecule has 0 aromatic heterocycles. The maximum absolute atomic E-state index is 13.3. The molecule has 220 valence electrons. The second kappa shape index (κ2) is 15.4. The quantitative estimate of drug-likeness (QED) is 0.233. The van der Waals surface area contributed by atoms with Crippen LogP contribution in [0.25, 0.3) is 0 Å². The molecule has 8 nitrogen and oxygen atoms in total. The van der Waals surface area contributed by atoms with Gasteiger partial charge in [-0.05, 0) is 43.4 Å². The third-order valence-electron chi connectivity index (χ3n) is 7.55. The Bertz CT molecular complexity index is 1150. The maximum Gasteiger partial charge on any atom is 1.00 e. The van der Waals surface area contributed by atoms with Crippen LogP contribution in [0.15, 0.2) is 60.7 Å². The Balaban J connectivity index is 0.000000833. The number of ether oxygens (including phenoxy) is 1. The first-order chi connectivity index (χ1) is 18.4. The molecule has 2 fully saturated rings. The van der Waals surface area contributed by atoms with Crippen molar-refractivity contribution in [1.82, 2.24) is 10.6 Å². The maximum atomic E-state index is 13.3. The van der Waals surface area contributed by atoms with Crippen LogP contribution >= 0.6 is 0 Å². The van der Waals surface area contributed by atoms with Gasteiger partial charge >= 0.3 is 47.7 Å². The van der Waals surface area contributed by atoms with Gasteiger partial charge in [-0.1, -0.05) is 67.6 Å². The molecule has 1 aliphatic carbocycles. The molecule has 4 rings (SSSR count). The van der Waals surface area contributed by atoms with Gasteiger partial charge in [-0.3, -0.25) is 4.79 Å². The van der Waals surface area contributed by atoms with Gasteiger partial charge in [-0.15, -0.1) is 0 Å². The van der Waals surface area contributed by atoms with Crippen molar-refractivity contribution < 1.29 is 84.5 Å². The zero-order valence-corrected chi connectivity index (χ0v) is 25.8. The van der Waals surface area contributed by atoms with Crippen molar-refractivity contribution >= 4 is 17.8 Å². The molecule has 0 bridgehead atoms. The van der Waals surface area contributed by atoms with Gasteiger partial charge in [0.1, 0.15) is 5.54 Å². The summed E-state index contributed by atoms with van der Waals surface area (Å²) in [6, 6.07) is 19.7. The van der Waals surface area contributed by atoms with Crippen LogP contribution in [0.5, 0.6) is 0 Å². The number of hydrogen-bond donors (Lipinski definition) is 4. The Hall–Kier alpha value is -2.15. The van der Waals surface area contributed by atoms with E-state index < -0.39 is 35.0 Å². The summed E-state index contributed by atoms with van der Waals surface area (Å²) in [5.41, 5.74) is -0.0752. The Morgan fingerprint density at radius 3 is 2.05 bits per heavy atom. The van der Waals surface area contributed by atoms with Crippen molar-refractivity contribution in [1.29, 1.82) is 0 Å². The molecule has 2 aliphatic rings. The summed E-state index contributed by atoms with van der Waals surface area (Å²) >= 11 is 0. The zero-order valence-electron chi connectivity index (χ0n) is 23.1. The third kappa shape index (κ3) is 8.46. The average molecular weight is 609 g/mol. The zero-order chi connectivity index (χ0) is 28.8. The molecule has 0 unspecified atom stereocenters. The number of aliphatic carboxylic acids is 2. The van der Waals surface area contributed by atoms with Crippen molar-refractivity contribution in [3.63, 3.8) is 0 Å². The number of carboxylic acids is 2. The van der Waals surface area contributed by atoms with E-state index in [1.165, 1.54) is 0 Å². The summed E-state index contributed by atoms with van der Waals surface area (Å²) in [4.78, 5) is 34.9. The Morgan fingerprint density at radius 1 is 1.07 bits per heavy atom. The van der Waals surface area contributed by atoms with Crippen molar-refractivity contribution in [3.8, 4) is 0 Å². The molecule has 41 heavy (non-hydrogen) atoms. The first kappa shape index (κ1) is 36.9. The van der Waals surface area contributed by atoms with Gasteiger partial charge < -0.3 is 38.0 Å². The van der Waals surface area contributed by atoms with Gasteiger partial charge in [0.05, 0.1) is 12.0 Å². The first-order valence-electron chi connectivity index (χ1n) is 12.6. The summed E-state index contributed by atoms with van der Waals surface area (Å²) in [6.45, 7) is 2.73. The monoisotopic (exact) mass is 608 g/mol. The fraction of sp³-hybridized carbons (Fsp3) is 0.464. The molecule has 0 spiro atoms. The van der Waals surface area contributed by atoms with Crippen LogP contribution in [0.3, 0.4) is 0 Å². The predicted molar refractivity (Wildman–Crippen MR) is 136 cm³/mol. The van der Waals surface area contributed by atoms with E-state index >= 15 is 0 Å². The Kier molecular flexibility index (Phi) is 13.8. The molecular weight excluding hydrogens is 576 g/mol. The number of amides is 1. The van der Waals surface area contributed by atoms with Crippen LogP contribution in [0.2, 0.25) is 0 Å². The van der Waals surface area contributed by atoms with Gasteiger partial charge in [0.25, 0.3) is 0 Å². The largest absolute Gasteiger partial charge is 1.00 e. The third-order valence-corrected chi connectivity index (χ3v) is 7.55. The average Bonchev–Trinajstić information content (AvgIpc) is 3.24. The van der Waals surface area contributed by atoms with Gasteiger partial charge in [0.2, 0.25) is 5.91 Å². The fourth-order valence-corrected chi connectivity index (χ4v) is 5.45. The molecule has 0 radical (unpaired) electrons. The Labute approximate surface area is 265 Å². The minimum absolute atomic E-state index is 0. The number of carboxylic acid groups (broad SMARTS) is 2. The summed E-state index contributed by atoms with van der Waals surface area (Å²) in [6.07, 6.45) is -2.50. The molecule has 4 N–H and O–H groups in total. The second-order valence-electron chi connectivity index (χ2n) is 9.98. The number of benzene rings is 2. The van der Waals surface area contributed by atoms with Crippen molar-refractivity contribution in [2.24, 2.45) is 5.92 Å². The summed E-state index contributed by atoms with van der Waals surface area (Å²) in [5, 5.41) is 23.8. The van der Waals surface area contributed by atoms with E-state index in [9.17, 15) is 27.9 Å². The minimum atomic E-state index is -5.08. The van der Waals surface area contributed by atoms with Gasteiger partial charge in [-0.2, -0.15) is 13.2 Å². The van der Waals surface area contributed by atoms with Crippen LogP contribution in [0, 0.1) is 5.92 Å². The van der Waals surface area contributed by atoms with Gasteiger partial charge in [0, 0.05) is 18.6 Å². The van der Waals surface area contributed by atoms with E-state index in [2.05, 4.69) is 10.6 Å². The standard InChI is InChI=1S/C26H32N2O4.C2HF3O2.ClH.Na/c1-18(22(32-2)21-14-9-15-27-21)23(29)28-26(24(30)31)17-25(26,20-12-7-4-8-13-20)16-19-10-5-3-6-11-19;3-2(4,5)1(6)7;;/h3-8,10-13,18,21-22,27H,9,14-17H2,1-2H3,(H,28,29)(H,30,31);(H,6,7);1H;/q;;;+1/p-1/t18-,21+,22-,25-,26-;;;/m1.../s1.